The number of likely N-dealkylation sites (tertiary alicyclic amines) is 1. The van der Waals surface area contributed by atoms with E-state index in [1.807, 2.05) is 37.4 Å². The van der Waals surface area contributed by atoms with E-state index in [1.54, 1.807) is 7.05 Å². The number of carbonyl (C=O) groups is 2. The number of hydrogen-bond donors (Lipinski definition) is 1. The molecule has 2 saturated heterocycles. The van der Waals surface area contributed by atoms with E-state index < -0.39 is 0 Å². The molecule has 1 aliphatic carbocycles. The van der Waals surface area contributed by atoms with Gasteiger partial charge in [0.1, 0.15) is 0 Å². The lowest BCUT2D eigenvalue weighted by molar-refractivity contribution is -0.138. The Morgan fingerprint density at radius 1 is 1.08 bits per heavy atom. The van der Waals surface area contributed by atoms with E-state index in [0.717, 1.165) is 16.7 Å². The summed E-state index contributed by atoms with van der Waals surface area (Å²) in [6, 6.07) is 7.68. The lowest BCUT2D eigenvalue weighted by Crippen LogP contribution is -2.60. The molecule has 4 aliphatic rings. The summed E-state index contributed by atoms with van der Waals surface area (Å²) in [4.78, 5) is 28.8. The second kappa shape index (κ2) is 5.64. The van der Waals surface area contributed by atoms with Crippen LogP contribution in [-0.2, 0) is 16.2 Å². The Kier molecular flexibility index (Phi) is 3.67. The van der Waals surface area contributed by atoms with Crippen LogP contribution in [0.15, 0.2) is 43.0 Å². The van der Waals surface area contributed by atoms with Gasteiger partial charge in [-0.15, -0.1) is 6.58 Å². The number of benzene rings is 1. The van der Waals surface area contributed by atoms with Crippen LogP contribution in [0.3, 0.4) is 0 Å². The van der Waals surface area contributed by atoms with Gasteiger partial charge in [-0.3, -0.25) is 19.4 Å². The molecule has 2 fully saturated rings. The molecule has 2 amide bonds. The van der Waals surface area contributed by atoms with E-state index >= 15 is 0 Å². The molecular weight excluding hydrogens is 316 g/mol. The first-order valence-corrected chi connectivity index (χ1v) is 8.57. The number of piperidine rings is 1. The molecular formula is C20H22N2O3. The number of imide groups is 1. The highest BCUT2D eigenvalue weighted by Crippen LogP contribution is 2.52. The van der Waals surface area contributed by atoms with Crippen LogP contribution in [0, 0.1) is 17.8 Å². The van der Waals surface area contributed by atoms with Crippen molar-refractivity contribution in [3.63, 3.8) is 0 Å². The van der Waals surface area contributed by atoms with Gasteiger partial charge in [0, 0.05) is 25.0 Å². The summed E-state index contributed by atoms with van der Waals surface area (Å²) in [6.07, 6.45) is 4.03. The van der Waals surface area contributed by atoms with E-state index in [0.29, 0.717) is 0 Å². The van der Waals surface area contributed by atoms with Crippen LogP contribution in [0.5, 0.6) is 0 Å². The molecule has 1 N–H and O–H groups in total. The maximum absolute atomic E-state index is 12.8. The van der Waals surface area contributed by atoms with Crippen molar-refractivity contribution >= 4 is 17.4 Å². The largest absolute Gasteiger partial charge is 0.392 e. The van der Waals surface area contributed by atoms with Gasteiger partial charge >= 0.3 is 0 Å². The highest BCUT2D eigenvalue weighted by molar-refractivity contribution is 6.07. The van der Waals surface area contributed by atoms with Crippen LogP contribution < -0.4 is 0 Å². The SMILES string of the molecule is C=CC1C2C(c3ccc(CO)cc3)=CC(C3C(=O)N(C)C(=O)C32)N1C. The minimum Gasteiger partial charge on any atom is -0.392 e. The van der Waals surface area contributed by atoms with E-state index in [-0.39, 0.29) is 48.3 Å². The number of fused-ring (bicyclic) bond motifs is 1. The standard InChI is InChI=1S/C20H22N2O3/c1-4-14-16-13(12-7-5-11(10-23)6-8-12)9-15(21(14)2)17-18(16)20(25)22(3)19(17)24/h4-9,14-18,23H,1,10H2,2-3H3. The average Bonchev–Trinajstić information content (AvgIpc) is 2.87. The normalized spacial score (nSPS) is 34.3. The summed E-state index contributed by atoms with van der Waals surface area (Å²) in [5.74, 6) is -0.866. The number of rotatable bonds is 3. The van der Waals surface area contributed by atoms with E-state index in [2.05, 4.69) is 17.6 Å². The smallest absolute Gasteiger partial charge is 0.234 e. The van der Waals surface area contributed by atoms with Crippen LogP contribution >= 0.6 is 0 Å². The molecule has 5 rings (SSSR count). The second-order valence-corrected chi connectivity index (χ2v) is 7.17. The summed E-state index contributed by atoms with van der Waals surface area (Å²) in [6.45, 7) is 3.98. The van der Waals surface area contributed by atoms with Gasteiger partial charge in [0.2, 0.25) is 11.8 Å². The lowest BCUT2D eigenvalue weighted by atomic mass is 9.62. The average molecular weight is 338 g/mol. The quantitative estimate of drug-likeness (QED) is 0.666. The monoisotopic (exact) mass is 338 g/mol. The molecule has 5 atom stereocenters. The molecule has 1 aromatic rings. The van der Waals surface area contributed by atoms with Gasteiger partial charge < -0.3 is 5.11 Å². The zero-order chi connectivity index (χ0) is 17.9. The molecule has 3 heterocycles. The molecule has 2 bridgehead atoms. The first-order valence-electron chi connectivity index (χ1n) is 8.57. The number of carbonyl (C=O) groups excluding carboxylic acids is 2. The Hall–Kier alpha value is -2.24. The van der Waals surface area contributed by atoms with Crippen LogP contribution in [-0.4, -0.2) is 52.9 Å². The van der Waals surface area contributed by atoms with Crippen LogP contribution in [0.2, 0.25) is 0 Å². The zero-order valence-corrected chi connectivity index (χ0v) is 14.4. The Balaban J connectivity index is 1.84. The van der Waals surface area contributed by atoms with Gasteiger partial charge in [-0.05, 0) is 23.7 Å². The van der Waals surface area contributed by atoms with Crippen LogP contribution in [0.25, 0.3) is 5.57 Å². The van der Waals surface area contributed by atoms with Crippen molar-refractivity contribution in [2.75, 3.05) is 14.1 Å². The van der Waals surface area contributed by atoms with Gasteiger partial charge in [-0.2, -0.15) is 0 Å². The van der Waals surface area contributed by atoms with Crippen LogP contribution in [0.1, 0.15) is 11.1 Å². The molecule has 5 nitrogen and oxygen atoms in total. The fraction of sp³-hybridized carbons (Fsp3) is 0.400. The number of likely N-dealkylation sites (N-methyl/N-ethyl adjacent to an activating group) is 1. The van der Waals surface area contributed by atoms with Crippen molar-refractivity contribution in [1.82, 2.24) is 9.80 Å². The third-order valence-electron chi connectivity index (χ3n) is 6.10. The number of aliphatic hydroxyl groups is 1. The van der Waals surface area contributed by atoms with Crippen molar-refractivity contribution < 1.29 is 14.7 Å². The Morgan fingerprint density at radius 2 is 1.72 bits per heavy atom. The molecule has 25 heavy (non-hydrogen) atoms. The summed E-state index contributed by atoms with van der Waals surface area (Å²) < 4.78 is 0. The molecule has 0 saturated carbocycles. The summed E-state index contributed by atoms with van der Waals surface area (Å²) in [5, 5.41) is 9.25. The van der Waals surface area contributed by atoms with E-state index in [4.69, 9.17) is 0 Å². The Morgan fingerprint density at radius 3 is 2.32 bits per heavy atom. The fourth-order valence-electron chi connectivity index (χ4n) is 4.81. The van der Waals surface area contributed by atoms with Crippen molar-refractivity contribution in [3.8, 4) is 0 Å². The fourth-order valence-corrected chi connectivity index (χ4v) is 4.81. The molecule has 3 aliphatic heterocycles. The Labute approximate surface area is 147 Å². The number of aliphatic hydroxyl groups excluding tert-OH is 1. The molecule has 0 aromatic heterocycles. The highest BCUT2D eigenvalue weighted by atomic mass is 16.3. The molecule has 0 spiro atoms. The lowest BCUT2D eigenvalue weighted by Gasteiger charge is -2.52. The molecule has 130 valence electrons. The molecule has 5 heteroatoms. The number of amides is 2. The minimum atomic E-state index is -0.320. The summed E-state index contributed by atoms with van der Waals surface area (Å²) >= 11 is 0. The van der Waals surface area contributed by atoms with Crippen LogP contribution in [0.4, 0.5) is 0 Å². The highest BCUT2D eigenvalue weighted by Gasteiger charge is 2.61. The number of nitrogens with zero attached hydrogens (tertiary/aromatic N) is 2. The third kappa shape index (κ3) is 2.09. The first-order chi connectivity index (χ1) is 12.0. The topological polar surface area (TPSA) is 60.9 Å². The van der Waals surface area contributed by atoms with E-state index in [1.165, 1.54) is 4.90 Å². The van der Waals surface area contributed by atoms with Gasteiger partial charge in [0.25, 0.3) is 0 Å². The van der Waals surface area contributed by atoms with E-state index in [9.17, 15) is 14.7 Å². The second-order valence-electron chi connectivity index (χ2n) is 7.17. The first kappa shape index (κ1) is 16.2. The molecule has 0 radical (unpaired) electrons. The van der Waals surface area contributed by atoms with Gasteiger partial charge in [0.15, 0.2) is 0 Å². The maximum atomic E-state index is 12.8. The van der Waals surface area contributed by atoms with Crippen molar-refractivity contribution in [2.45, 2.75) is 18.7 Å². The minimum absolute atomic E-state index is 0.00584. The Bertz CT molecular complexity index is 783. The summed E-state index contributed by atoms with van der Waals surface area (Å²) in [7, 11) is 3.58. The van der Waals surface area contributed by atoms with Crippen molar-refractivity contribution in [3.05, 3.63) is 54.1 Å². The summed E-state index contributed by atoms with van der Waals surface area (Å²) in [5.41, 5.74) is 3.00. The maximum Gasteiger partial charge on any atom is 0.234 e. The van der Waals surface area contributed by atoms with Gasteiger partial charge in [-0.25, -0.2) is 0 Å². The van der Waals surface area contributed by atoms with Crippen molar-refractivity contribution in [1.29, 1.82) is 0 Å². The van der Waals surface area contributed by atoms with Crippen molar-refractivity contribution in [2.24, 2.45) is 17.8 Å². The van der Waals surface area contributed by atoms with Gasteiger partial charge in [-0.1, -0.05) is 36.4 Å². The zero-order valence-electron chi connectivity index (χ0n) is 14.4. The number of hydrogen-bond acceptors (Lipinski definition) is 4. The van der Waals surface area contributed by atoms with Gasteiger partial charge in [0.05, 0.1) is 18.4 Å². The third-order valence-corrected chi connectivity index (χ3v) is 6.10. The molecule has 1 aromatic carbocycles. The molecule has 5 unspecified atom stereocenters. The predicted octanol–water partition coefficient (Wildman–Crippen LogP) is 1.29. The predicted molar refractivity (Wildman–Crippen MR) is 94.1 cm³/mol.